The largest absolute Gasteiger partial charge is 0.493 e. The number of hydrogen-bond acceptors (Lipinski definition) is 3. The SMILES string of the molecule is Cc1nc2c(-c3ccc(F)c(F)c3)nc(-c3ccccc3)cn2c1O. The van der Waals surface area contributed by atoms with Gasteiger partial charge in [0, 0.05) is 17.3 Å². The number of benzene rings is 2. The van der Waals surface area contributed by atoms with E-state index >= 15 is 0 Å². The van der Waals surface area contributed by atoms with Gasteiger partial charge in [-0.15, -0.1) is 0 Å². The van der Waals surface area contributed by atoms with Crippen LogP contribution in [-0.4, -0.2) is 19.5 Å². The van der Waals surface area contributed by atoms with Crippen LogP contribution in [0.4, 0.5) is 8.78 Å². The standard InChI is InChI=1S/C19H13F2N3O/c1-11-19(25)24-10-16(12-5-3-2-4-6-12)23-17(18(24)22-11)13-7-8-14(20)15(21)9-13/h2-10,25H,1H3. The van der Waals surface area contributed by atoms with E-state index < -0.39 is 11.6 Å². The zero-order valence-corrected chi connectivity index (χ0v) is 13.2. The molecule has 6 heteroatoms. The van der Waals surface area contributed by atoms with Gasteiger partial charge < -0.3 is 5.11 Å². The first-order valence-corrected chi connectivity index (χ1v) is 7.64. The van der Waals surface area contributed by atoms with Crippen LogP contribution in [0.1, 0.15) is 5.69 Å². The summed E-state index contributed by atoms with van der Waals surface area (Å²) in [5.41, 5.74) is 2.96. The molecule has 4 rings (SSSR count). The van der Waals surface area contributed by atoms with Gasteiger partial charge in [0.05, 0.1) is 5.69 Å². The molecule has 0 amide bonds. The Balaban J connectivity index is 2.04. The van der Waals surface area contributed by atoms with Crippen molar-refractivity contribution < 1.29 is 13.9 Å². The number of imidazole rings is 1. The van der Waals surface area contributed by atoms with Crippen molar-refractivity contribution in [3.8, 4) is 28.4 Å². The Kier molecular flexibility index (Phi) is 3.46. The quantitative estimate of drug-likeness (QED) is 0.591. The normalized spacial score (nSPS) is 11.2. The fraction of sp³-hybridized carbons (Fsp3) is 0.0526. The molecule has 0 aliphatic rings. The summed E-state index contributed by atoms with van der Waals surface area (Å²) >= 11 is 0. The van der Waals surface area contributed by atoms with Gasteiger partial charge in [0.25, 0.3) is 0 Å². The second-order valence-corrected chi connectivity index (χ2v) is 5.68. The maximum absolute atomic E-state index is 13.7. The van der Waals surface area contributed by atoms with E-state index in [4.69, 9.17) is 0 Å². The summed E-state index contributed by atoms with van der Waals surface area (Å²) in [7, 11) is 0. The van der Waals surface area contributed by atoms with Gasteiger partial charge in [0.1, 0.15) is 11.4 Å². The second-order valence-electron chi connectivity index (χ2n) is 5.68. The summed E-state index contributed by atoms with van der Waals surface area (Å²) in [5.74, 6) is -1.91. The van der Waals surface area contributed by atoms with Crippen LogP contribution in [0, 0.1) is 18.6 Å². The molecule has 0 saturated carbocycles. The minimum Gasteiger partial charge on any atom is -0.493 e. The maximum Gasteiger partial charge on any atom is 0.219 e. The third kappa shape index (κ3) is 2.52. The van der Waals surface area contributed by atoms with Gasteiger partial charge in [-0.1, -0.05) is 30.3 Å². The Morgan fingerprint density at radius 2 is 1.68 bits per heavy atom. The van der Waals surface area contributed by atoms with Crippen molar-refractivity contribution in [2.45, 2.75) is 6.92 Å². The van der Waals surface area contributed by atoms with Crippen LogP contribution in [-0.2, 0) is 0 Å². The van der Waals surface area contributed by atoms with E-state index in [0.717, 1.165) is 17.7 Å². The van der Waals surface area contributed by atoms with Gasteiger partial charge in [-0.05, 0) is 25.1 Å². The number of halogens is 2. The first-order valence-electron chi connectivity index (χ1n) is 7.64. The molecule has 1 N–H and O–H groups in total. The van der Waals surface area contributed by atoms with Crippen LogP contribution in [0.25, 0.3) is 28.2 Å². The topological polar surface area (TPSA) is 50.4 Å². The monoisotopic (exact) mass is 337 g/mol. The molecule has 0 aliphatic carbocycles. The number of rotatable bonds is 2. The molecule has 0 fully saturated rings. The molecule has 25 heavy (non-hydrogen) atoms. The minimum atomic E-state index is -0.963. The predicted octanol–water partition coefficient (Wildman–Crippen LogP) is 4.36. The highest BCUT2D eigenvalue weighted by atomic mass is 19.2. The number of fused-ring (bicyclic) bond motifs is 1. The molecule has 2 heterocycles. The molecule has 2 aromatic carbocycles. The van der Waals surface area contributed by atoms with Crippen LogP contribution in [0.5, 0.6) is 5.88 Å². The molecule has 0 radical (unpaired) electrons. The van der Waals surface area contributed by atoms with Crippen molar-refractivity contribution in [2.75, 3.05) is 0 Å². The molecule has 4 nitrogen and oxygen atoms in total. The van der Waals surface area contributed by atoms with Gasteiger partial charge in [-0.3, -0.25) is 4.40 Å². The smallest absolute Gasteiger partial charge is 0.219 e. The lowest BCUT2D eigenvalue weighted by molar-refractivity contribution is 0.444. The van der Waals surface area contributed by atoms with Crippen molar-refractivity contribution in [3.05, 3.63) is 72.1 Å². The van der Waals surface area contributed by atoms with Crippen LogP contribution in [0.2, 0.25) is 0 Å². The Hall–Kier alpha value is -3.28. The van der Waals surface area contributed by atoms with Crippen LogP contribution >= 0.6 is 0 Å². The lowest BCUT2D eigenvalue weighted by Crippen LogP contribution is -1.97. The molecular weight excluding hydrogens is 324 g/mol. The summed E-state index contributed by atoms with van der Waals surface area (Å²) in [5, 5.41) is 10.3. The van der Waals surface area contributed by atoms with Crippen LogP contribution in [0.3, 0.4) is 0 Å². The van der Waals surface area contributed by atoms with Crippen molar-refractivity contribution in [3.63, 3.8) is 0 Å². The molecule has 124 valence electrons. The van der Waals surface area contributed by atoms with Crippen LogP contribution < -0.4 is 0 Å². The molecule has 0 aliphatic heterocycles. The number of aryl methyl sites for hydroxylation is 1. The third-order valence-electron chi connectivity index (χ3n) is 4.01. The highest BCUT2D eigenvalue weighted by Crippen LogP contribution is 2.31. The number of aromatic hydroxyl groups is 1. The van der Waals surface area contributed by atoms with Gasteiger partial charge in [-0.2, -0.15) is 0 Å². The van der Waals surface area contributed by atoms with E-state index in [1.165, 1.54) is 10.5 Å². The lowest BCUT2D eigenvalue weighted by Gasteiger charge is -2.08. The summed E-state index contributed by atoms with van der Waals surface area (Å²) in [6, 6.07) is 13.0. The van der Waals surface area contributed by atoms with Crippen molar-refractivity contribution in [1.82, 2.24) is 14.4 Å². The van der Waals surface area contributed by atoms with Gasteiger partial charge in [-0.25, -0.2) is 18.7 Å². The number of nitrogens with zero attached hydrogens (tertiary/aromatic N) is 3. The zero-order valence-electron chi connectivity index (χ0n) is 13.2. The van der Waals surface area contributed by atoms with E-state index in [1.54, 1.807) is 13.1 Å². The van der Waals surface area contributed by atoms with Gasteiger partial charge in [0.2, 0.25) is 5.88 Å². The fourth-order valence-electron chi connectivity index (χ4n) is 2.73. The zero-order chi connectivity index (χ0) is 17.6. The first-order chi connectivity index (χ1) is 12.0. The molecule has 4 aromatic rings. The summed E-state index contributed by atoms with van der Waals surface area (Å²) in [6.45, 7) is 1.67. The molecule has 0 unspecified atom stereocenters. The maximum atomic E-state index is 13.7. The fourth-order valence-corrected chi connectivity index (χ4v) is 2.73. The molecular formula is C19H13F2N3O. The molecule has 0 bridgehead atoms. The van der Waals surface area contributed by atoms with Crippen molar-refractivity contribution in [1.29, 1.82) is 0 Å². The molecule has 0 saturated heterocycles. The third-order valence-corrected chi connectivity index (χ3v) is 4.01. The van der Waals surface area contributed by atoms with Crippen LogP contribution in [0.15, 0.2) is 54.7 Å². The number of hydrogen-bond donors (Lipinski definition) is 1. The Morgan fingerprint density at radius 3 is 2.40 bits per heavy atom. The van der Waals surface area contributed by atoms with E-state index in [1.807, 2.05) is 30.3 Å². The molecule has 0 atom stereocenters. The average Bonchev–Trinajstić information content (AvgIpc) is 2.92. The summed E-state index contributed by atoms with van der Waals surface area (Å²) < 4.78 is 28.5. The predicted molar refractivity (Wildman–Crippen MR) is 90.2 cm³/mol. The van der Waals surface area contributed by atoms with E-state index in [0.29, 0.717) is 28.3 Å². The van der Waals surface area contributed by atoms with Crippen molar-refractivity contribution >= 4 is 5.65 Å². The average molecular weight is 337 g/mol. The summed E-state index contributed by atoms with van der Waals surface area (Å²) in [4.78, 5) is 8.89. The highest BCUT2D eigenvalue weighted by molar-refractivity contribution is 5.77. The van der Waals surface area contributed by atoms with E-state index in [-0.39, 0.29) is 5.88 Å². The molecule has 2 aromatic heterocycles. The second kappa shape index (κ2) is 5.66. The lowest BCUT2D eigenvalue weighted by atomic mass is 10.1. The molecule has 0 spiro atoms. The Bertz CT molecular complexity index is 1090. The minimum absolute atomic E-state index is 0.0154. The highest BCUT2D eigenvalue weighted by Gasteiger charge is 2.17. The Morgan fingerprint density at radius 1 is 0.920 bits per heavy atom. The van der Waals surface area contributed by atoms with Gasteiger partial charge in [0.15, 0.2) is 17.3 Å². The first kappa shape index (κ1) is 15.3. The number of aromatic nitrogens is 3. The van der Waals surface area contributed by atoms with E-state index in [2.05, 4.69) is 9.97 Å². The van der Waals surface area contributed by atoms with Crippen molar-refractivity contribution in [2.24, 2.45) is 0 Å². The van der Waals surface area contributed by atoms with E-state index in [9.17, 15) is 13.9 Å². The van der Waals surface area contributed by atoms with Gasteiger partial charge >= 0.3 is 0 Å². The Labute approximate surface area is 142 Å². The summed E-state index contributed by atoms with van der Waals surface area (Å²) in [6.07, 6.45) is 1.67.